The van der Waals surface area contributed by atoms with Gasteiger partial charge in [0.15, 0.2) is 0 Å². The van der Waals surface area contributed by atoms with Crippen LogP contribution in [0.5, 0.6) is 0 Å². The molecule has 0 amide bonds. The van der Waals surface area contributed by atoms with Crippen molar-refractivity contribution in [3.63, 3.8) is 0 Å². The van der Waals surface area contributed by atoms with Gasteiger partial charge in [-0.25, -0.2) is 0 Å². The highest BCUT2D eigenvalue weighted by Crippen LogP contribution is 2.34. The number of nitrogens with two attached hydrogens (primary N) is 1. The Labute approximate surface area is 97.5 Å². The van der Waals surface area contributed by atoms with E-state index < -0.39 is 0 Å². The molecule has 2 heteroatoms. The molecule has 1 aliphatic rings. The Morgan fingerprint density at radius 1 is 1.50 bits per heavy atom. The maximum atomic E-state index is 9.03. The van der Waals surface area contributed by atoms with Crippen molar-refractivity contribution in [2.45, 2.75) is 44.6 Å². The van der Waals surface area contributed by atoms with Gasteiger partial charge in [0.2, 0.25) is 0 Å². The second-order valence-corrected chi connectivity index (χ2v) is 4.97. The van der Waals surface area contributed by atoms with Crippen LogP contribution in [0.15, 0.2) is 18.2 Å². The largest absolute Gasteiger partial charge is 0.395 e. The predicted molar refractivity (Wildman–Crippen MR) is 66.5 cm³/mol. The maximum Gasteiger partial charge on any atom is 0.0582 e. The molecule has 0 unspecified atom stereocenters. The van der Waals surface area contributed by atoms with Gasteiger partial charge >= 0.3 is 0 Å². The van der Waals surface area contributed by atoms with E-state index >= 15 is 0 Å². The van der Waals surface area contributed by atoms with Crippen molar-refractivity contribution in [1.29, 1.82) is 0 Å². The number of rotatable bonds is 3. The molecule has 0 saturated carbocycles. The molecule has 0 aliphatic heterocycles. The summed E-state index contributed by atoms with van der Waals surface area (Å²) in [6.07, 6.45) is 4.57. The van der Waals surface area contributed by atoms with E-state index in [9.17, 15) is 0 Å². The lowest BCUT2D eigenvalue weighted by Gasteiger charge is -2.27. The van der Waals surface area contributed by atoms with Crippen LogP contribution in [0.25, 0.3) is 0 Å². The number of hydrogen-bond acceptors (Lipinski definition) is 2. The van der Waals surface area contributed by atoms with Crippen LogP contribution in [-0.4, -0.2) is 17.8 Å². The van der Waals surface area contributed by atoms with Crippen LogP contribution in [0.2, 0.25) is 0 Å². The minimum absolute atomic E-state index is 0.0720. The van der Waals surface area contributed by atoms with Crippen molar-refractivity contribution in [1.82, 2.24) is 0 Å². The van der Waals surface area contributed by atoms with Gasteiger partial charge in [-0.15, -0.1) is 0 Å². The fraction of sp³-hybridized carbons (Fsp3) is 0.571. The predicted octanol–water partition coefficient (Wildman–Crippen LogP) is 2.12. The van der Waals surface area contributed by atoms with E-state index in [0.29, 0.717) is 5.92 Å². The summed E-state index contributed by atoms with van der Waals surface area (Å²) in [5.41, 5.74) is 10.1. The van der Waals surface area contributed by atoms with Crippen LogP contribution in [0.3, 0.4) is 0 Å². The SMILES string of the molecule is Cc1ccc2c(c1)CCC[C@H]2C[C@H](N)CO. The number of aryl methyl sites for hydroxylation is 2. The molecular weight excluding hydrogens is 198 g/mol. The molecule has 0 bridgehead atoms. The van der Waals surface area contributed by atoms with Crippen LogP contribution >= 0.6 is 0 Å². The van der Waals surface area contributed by atoms with Crippen molar-refractivity contribution in [3.05, 3.63) is 34.9 Å². The summed E-state index contributed by atoms with van der Waals surface area (Å²) in [4.78, 5) is 0. The minimum Gasteiger partial charge on any atom is -0.395 e. The summed E-state index contributed by atoms with van der Waals surface area (Å²) in [6.45, 7) is 2.24. The second kappa shape index (κ2) is 4.98. The lowest BCUT2D eigenvalue weighted by molar-refractivity contribution is 0.251. The van der Waals surface area contributed by atoms with Crippen LogP contribution in [0.4, 0.5) is 0 Å². The first-order valence-electron chi connectivity index (χ1n) is 6.16. The van der Waals surface area contributed by atoms with E-state index in [1.165, 1.54) is 36.0 Å². The summed E-state index contributed by atoms with van der Waals surface area (Å²) in [5.74, 6) is 0.548. The van der Waals surface area contributed by atoms with E-state index in [1.807, 2.05) is 0 Å². The molecule has 16 heavy (non-hydrogen) atoms. The minimum atomic E-state index is -0.0720. The molecule has 0 radical (unpaired) electrons. The van der Waals surface area contributed by atoms with Gasteiger partial charge in [0.05, 0.1) is 6.61 Å². The van der Waals surface area contributed by atoms with Gasteiger partial charge in [-0.3, -0.25) is 0 Å². The molecule has 1 aromatic carbocycles. The normalized spacial score (nSPS) is 21.6. The lowest BCUT2D eigenvalue weighted by atomic mass is 9.79. The molecule has 1 aliphatic carbocycles. The molecule has 2 atom stereocenters. The van der Waals surface area contributed by atoms with Gasteiger partial charge in [-0.2, -0.15) is 0 Å². The van der Waals surface area contributed by atoms with E-state index in [2.05, 4.69) is 25.1 Å². The van der Waals surface area contributed by atoms with Gasteiger partial charge in [0.1, 0.15) is 0 Å². The number of benzene rings is 1. The third-order valence-corrected chi connectivity index (χ3v) is 3.56. The number of hydrogen-bond donors (Lipinski definition) is 2. The third kappa shape index (κ3) is 2.45. The monoisotopic (exact) mass is 219 g/mol. The molecule has 0 heterocycles. The quantitative estimate of drug-likeness (QED) is 0.818. The third-order valence-electron chi connectivity index (χ3n) is 3.56. The van der Waals surface area contributed by atoms with E-state index in [0.717, 1.165) is 6.42 Å². The van der Waals surface area contributed by atoms with Gasteiger partial charge in [-0.1, -0.05) is 23.8 Å². The maximum absolute atomic E-state index is 9.03. The first-order valence-corrected chi connectivity index (χ1v) is 6.16. The van der Waals surface area contributed by atoms with Crippen molar-refractivity contribution in [3.8, 4) is 0 Å². The number of aliphatic hydroxyl groups is 1. The lowest BCUT2D eigenvalue weighted by Crippen LogP contribution is -2.28. The molecule has 1 aromatic rings. The van der Waals surface area contributed by atoms with E-state index in [1.54, 1.807) is 0 Å². The van der Waals surface area contributed by atoms with Gasteiger partial charge in [-0.05, 0) is 49.7 Å². The standard InChI is InChI=1S/C14H21NO/c1-10-5-6-14-11(7-10)3-2-4-12(14)8-13(15)9-16/h5-7,12-13,16H,2-4,8-9,15H2,1H3/t12-,13-/m0/s1. The summed E-state index contributed by atoms with van der Waals surface area (Å²) in [6, 6.07) is 6.66. The zero-order valence-corrected chi connectivity index (χ0v) is 9.95. The molecule has 2 rings (SSSR count). The Hall–Kier alpha value is -0.860. The first-order chi connectivity index (χ1) is 7.70. The van der Waals surface area contributed by atoms with E-state index in [-0.39, 0.29) is 12.6 Å². The molecule has 2 nitrogen and oxygen atoms in total. The zero-order chi connectivity index (χ0) is 11.5. The second-order valence-electron chi connectivity index (χ2n) is 4.97. The molecule has 3 N–H and O–H groups in total. The Morgan fingerprint density at radius 2 is 2.31 bits per heavy atom. The topological polar surface area (TPSA) is 46.2 Å². The molecule has 0 fully saturated rings. The van der Waals surface area contributed by atoms with Crippen molar-refractivity contribution in [2.24, 2.45) is 5.73 Å². The zero-order valence-electron chi connectivity index (χ0n) is 9.95. The Morgan fingerprint density at radius 3 is 3.06 bits per heavy atom. The van der Waals surface area contributed by atoms with Crippen LogP contribution in [0.1, 0.15) is 41.9 Å². The van der Waals surface area contributed by atoms with Crippen molar-refractivity contribution < 1.29 is 5.11 Å². The van der Waals surface area contributed by atoms with E-state index in [4.69, 9.17) is 10.8 Å². The molecule has 88 valence electrons. The van der Waals surface area contributed by atoms with Gasteiger partial charge in [0, 0.05) is 6.04 Å². The number of fused-ring (bicyclic) bond motifs is 1. The molecular formula is C14H21NO. The Bertz CT molecular complexity index is 362. The average Bonchev–Trinajstić information content (AvgIpc) is 2.28. The summed E-state index contributed by atoms with van der Waals surface area (Å²) in [5, 5.41) is 9.03. The Kier molecular flexibility index (Phi) is 3.62. The van der Waals surface area contributed by atoms with Gasteiger partial charge in [0.25, 0.3) is 0 Å². The summed E-state index contributed by atoms with van der Waals surface area (Å²) in [7, 11) is 0. The van der Waals surface area contributed by atoms with Crippen molar-refractivity contribution in [2.75, 3.05) is 6.61 Å². The van der Waals surface area contributed by atoms with Crippen LogP contribution in [-0.2, 0) is 6.42 Å². The fourth-order valence-electron chi connectivity index (χ4n) is 2.73. The Balaban J connectivity index is 2.19. The summed E-state index contributed by atoms with van der Waals surface area (Å²) < 4.78 is 0. The highest BCUT2D eigenvalue weighted by atomic mass is 16.3. The smallest absolute Gasteiger partial charge is 0.0582 e. The number of aliphatic hydroxyl groups excluding tert-OH is 1. The fourth-order valence-corrected chi connectivity index (χ4v) is 2.73. The first kappa shape index (κ1) is 11.6. The van der Waals surface area contributed by atoms with Crippen LogP contribution in [0, 0.1) is 6.92 Å². The summed E-state index contributed by atoms with van der Waals surface area (Å²) >= 11 is 0. The highest BCUT2D eigenvalue weighted by molar-refractivity contribution is 5.36. The highest BCUT2D eigenvalue weighted by Gasteiger charge is 2.21. The van der Waals surface area contributed by atoms with Gasteiger partial charge < -0.3 is 10.8 Å². The van der Waals surface area contributed by atoms with Crippen molar-refractivity contribution >= 4 is 0 Å². The molecule has 0 spiro atoms. The molecule has 0 aromatic heterocycles. The average molecular weight is 219 g/mol. The van der Waals surface area contributed by atoms with Crippen LogP contribution < -0.4 is 5.73 Å². The molecule has 0 saturated heterocycles.